The van der Waals surface area contributed by atoms with Gasteiger partial charge in [-0.2, -0.15) is 10.4 Å². The average Bonchev–Trinajstić information content (AvgIpc) is 3.08. The minimum absolute atomic E-state index is 0.0733. The quantitative estimate of drug-likeness (QED) is 0.932. The maximum Gasteiger partial charge on any atom is 0.151 e. The van der Waals surface area contributed by atoms with Crippen molar-refractivity contribution in [1.82, 2.24) is 10.2 Å². The van der Waals surface area contributed by atoms with Crippen molar-refractivity contribution in [2.45, 2.75) is 38.5 Å². The van der Waals surface area contributed by atoms with Gasteiger partial charge in [0, 0.05) is 22.8 Å². The molecule has 1 aromatic heterocycles. The van der Waals surface area contributed by atoms with Gasteiger partial charge >= 0.3 is 0 Å². The van der Waals surface area contributed by atoms with Gasteiger partial charge in [0.25, 0.3) is 0 Å². The molecule has 24 heavy (non-hydrogen) atoms. The van der Waals surface area contributed by atoms with Crippen molar-refractivity contribution >= 4 is 11.5 Å². The van der Waals surface area contributed by atoms with E-state index in [9.17, 15) is 5.26 Å². The zero-order valence-corrected chi connectivity index (χ0v) is 13.7. The van der Waals surface area contributed by atoms with Crippen molar-refractivity contribution in [2.75, 3.05) is 6.61 Å². The number of fused-ring (bicyclic) bond motifs is 2. The number of H-pyrrole nitrogens is 1. The molecule has 0 saturated carbocycles. The Labute approximate surface area is 141 Å². The molecule has 0 fully saturated rings. The third-order valence-corrected chi connectivity index (χ3v) is 4.87. The van der Waals surface area contributed by atoms with E-state index >= 15 is 0 Å². The average molecular weight is 320 g/mol. The molecule has 5 nitrogen and oxygen atoms in total. The molecule has 2 aromatic rings. The highest BCUT2D eigenvalue weighted by atomic mass is 16.5. The van der Waals surface area contributed by atoms with Gasteiger partial charge in [-0.05, 0) is 24.8 Å². The Bertz CT molecular complexity index is 830. The first-order chi connectivity index (χ1) is 11.8. The van der Waals surface area contributed by atoms with Crippen molar-refractivity contribution in [3.63, 3.8) is 0 Å². The number of aryl methyl sites for hydroxylation is 1. The van der Waals surface area contributed by atoms with Crippen LogP contribution in [0.3, 0.4) is 0 Å². The molecule has 0 aliphatic carbocycles. The number of nitriles is 1. The Hall–Kier alpha value is -2.61. The summed E-state index contributed by atoms with van der Waals surface area (Å²) in [6.45, 7) is 2.85. The zero-order valence-electron chi connectivity index (χ0n) is 13.7. The fourth-order valence-corrected chi connectivity index (χ4v) is 3.81. The highest BCUT2D eigenvalue weighted by Crippen LogP contribution is 2.46. The van der Waals surface area contributed by atoms with Crippen molar-refractivity contribution < 1.29 is 4.74 Å². The molecule has 2 atom stereocenters. The normalized spacial score (nSPS) is 21.9. The molecule has 0 amide bonds. The number of aromatic amines is 1. The van der Waals surface area contributed by atoms with E-state index in [-0.39, 0.29) is 11.8 Å². The van der Waals surface area contributed by atoms with E-state index in [2.05, 4.69) is 46.4 Å². The summed E-state index contributed by atoms with van der Waals surface area (Å²) in [5.74, 6) is 1.39. The van der Waals surface area contributed by atoms with Crippen LogP contribution in [0.2, 0.25) is 0 Å². The summed E-state index contributed by atoms with van der Waals surface area (Å²) in [5, 5.41) is 17.0. The number of nitrogens with zero attached hydrogens (tertiary/aromatic N) is 3. The Morgan fingerprint density at radius 2 is 2.29 bits per heavy atom. The molecule has 2 aliphatic heterocycles. The Morgan fingerprint density at radius 1 is 1.38 bits per heavy atom. The number of ether oxygens (including phenoxy) is 1. The number of rotatable bonds is 3. The van der Waals surface area contributed by atoms with Crippen LogP contribution in [0.4, 0.5) is 5.82 Å². The van der Waals surface area contributed by atoms with Crippen LogP contribution < -0.4 is 4.74 Å². The van der Waals surface area contributed by atoms with E-state index in [0.717, 1.165) is 60.7 Å². The Balaban J connectivity index is 1.88. The van der Waals surface area contributed by atoms with E-state index in [1.807, 2.05) is 0 Å². The molecule has 4 rings (SSSR count). The number of para-hydroxylation sites is 1. The van der Waals surface area contributed by atoms with Crippen LogP contribution in [0.1, 0.15) is 48.8 Å². The van der Waals surface area contributed by atoms with Gasteiger partial charge in [-0.3, -0.25) is 5.10 Å². The lowest BCUT2D eigenvalue weighted by molar-refractivity contribution is 0.283. The van der Waals surface area contributed by atoms with Gasteiger partial charge < -0.3 is 4.74 Å². The predicted molar refractivity (Wildman–Crippen MR) is 91.8 cm³/mol. The van der Waals surface area contributed by atoms with Gasteiger partial charge in [0.1, 0.15) is 5.75 Å². The van der Waals surface area contributed by atoms with Crippen molar-refractivity contribution in [3.05, 3.63) is 41.1 Å². The molecule has 1 aromatic carbocycles. The molecule has 1 N–H and O–H groups in total. The van der Waals surface area contributed by atoms with Crippen LogP contribution in [-0.2, 0) is 6.42 Å². The second-order valence-electron chi connectivity index (χ2n) is 6.40. The van der Waals surface area contributed by atoms with Crippen LogP contribution in [0, 0.1) is 17.2 Å². The summed E-state index contributed by atoms with van der Waals surface area (Å²) in [4.78, 5) is 4.67. The summed E-state index contributed by atoms with van der Waals surface area (Å²) < 4.78 is 6.01. The maximum atomic E-state index is 9.88. The third kappa shape index (κ3) is 2.30. The van der Waals surface area contributed by atoms with Gasteiger partial charge in [0.05, 0.1) is 24.8 Å². The van der Waals surface area contributed by atoms with Gasteiger partial charge in [0.15, 0.2) is 5.82 Å². The SMILES string of the molecule is CCCC1=Nc2[nH]ncc2C(c2cccc3c2OCCC3)C1C#N. The molecule has 2 aliphatic rings. The van der Waals surface area contributed by atoms with Crippen LogP contribution in [0.25, 0.3) is 0 Å². The molecule has 3 heterocycles. The lowest BCUT2D eigenvalue weighted by Crippen LogP contribution is -2.26. The van der Waals surface area contributed by atoms with Crippen LogP contribution in [-0.4, -0.2) is 22.5 Å². The summed E-state index contributed by atoms with van der Waals surface area (Å²) in [6, 6.07) is 8.78. The zero-order chi connectivity index (χ0) is 16.5. The molecule has 0 spiro atoms. The highest BCUT2D eigenvalue weighted by Gasteiger charge is 2.37. The standard InChI is InChI=1S/C19H20N4O/c1-2-5-16-14(10-20)17(15-11-21-23-19(15)22-16)13-8-3-6-12-7-4-9-24-18(12)13/h3,6,8,11,14,17H,2,4-5,7,9H2,1H3,(H,21,23). The summed E-state index contributed by atoms with van der Waals surface area (Å²) in [7, 11) is 0. The molecule has 0 saturated heterocycles. The largest absolute Gasteiger partial charge is 0.493 e. The lowest BCUT2D eigenvalue weighted by Gasteiger charge is -2.30. The molecule has 0 radical (unpaired) electrons. The van der Waals surface area contributed by atoms with Gasteiger partial charge in [-0.15, -0.1) is 0 Å². The molecular formula is C19H20N4O. The first-order valence-corrected chi connectivity index (χ1v) is 8.58. The van der Waals surface area contributed by atoms with Crippen LogP contribution >= 0.6 is 0 Å². The van der Waals surface area contributed by atoms with E-state index < -0.39 is 0 Å². The highest BCUT2D eigenvalue weighted by molar-refractivity contribution is 5.94. The summed E-state index contributed by atoms with van der Waals surface area (Å²) in [6.07, 6.45) is 5.67. The van der Waals surface area contributed by atoms with E-state index in [1.54, 1.807) is 6.20 Å². The predicted octanol–water partition coefficient (Wildman–Crippen LogP) is 3.89. The number of aliphatic imine (C=N–C) groups is 1. The van der Waals surface area contributed by atoms with Crippen molar-refractivity contribution in [1.29, 1.82) is 5.26 Å². The van der Waals surface area contributed by atoms with Crippen LogP contribution in [0.5, 0.6) is 5.75 Å². The lowest BCUT2D eigenvalue weighted by atomic mass is 9.76. The molecule has 122 valence electrons. The summed E-state index contributed by atoms with van der Waals surface area (Å²) in [5.41, 5.74) is 4.25. The second kappa shape index (κ2) is 6.12. The number of nitrogens with one attached hydrogen (secondary N) is 1. The van der Waals surface area contributed by atoms with Crippen LogP contribution in [0.15, 0.2) is 29.4 Å². The fourth-order valence-electron chi connectivity index (χ4n) is 3.81. The third-order valence-electron chi connectivity index (χ3n) is 4.87. The molecular weight excluding hydrogens is 300 g/mol. The topological polar surface area (TPSA) is 74.1 Å². The Kier molecular flexibility index (Phi) is 3.81. The minimum atomic E-state index is -0.271. The maximum absolute atomic E-state index is 9.88. The number of hydrogen-bond donors (Lipinski definition) is 1. The minimum Gasteiger partial charge on any atom is -0.493 e. The first-order valence-electron chi connectivity index (χ1n) is 8.58. The number of aromatic nitrogens is 2. The van der Waals surface area contributed by atoms with Crippen molar-refractivity contribution in [2.24, 2.45) is 10.9 Å². The van der Waals surface area contributed by atoms with Gasteiger partial charge in [-0.1, -0.05) is 31.5 Å². The second-order valence-corrected chi connectivity index (χ2v) is 6.40. The molecule has 5 heteroatoms. The van der Waals surface area contributed by atoms with E-state index in [1.165, 1.54) is 5.56 Å². The Morgan fingerprint density at radius 3 is 3.12 bits per heavy atom. The van der Waals surface area contributed by atoms with Gasteiger partial charge in [0.2, 0.25) is 0 Å². The van der Waals surface area contributed by atoms with E-state index in [4.69, 9.17) is 4.74 Å². The number of hydrogen-bond acceptors (Lipinski definition) is 4. The van der Waals surface area contributed by atoms with Gasteiger partial charge in [-0.25, -0.2) is 4.99 Å². The summed E-state index contributed by atoms with van der Waals surface area (Å²) >= 11 is 0. The molecule has 0 bridgehead atoms. The first kappa shape index (κ1) is 14.9. The van der Waals surface area contributed by atoms with E-state index in [0.29, 0.717) is 0 Å². The smallest absolute Gasteiger partial charge is 0.151 e. The monoisotopic (exact) mass is 320 g/mol. The van der Waals surface area contributed by atoms with Crippen molar-refractivity contribution in [3.8, 4) is 11.8 Å². The molecule has 2 unspecified atom stereocenters. The fraction of sp³-hybridized carbons (Fsp3) is 0.421. The number of benzene rings is 1.